The Balaban J connectivity index is 2.15. The molecule has 102 valence electrons. The molecule has 0 radical (unpaired) electrons. The summed E-state index contributed by atoms with van der Waals surface area (Å²) in [5.41, 5.74) is 3.67. The molecule has 0 atom stereocenters. The van der Waals surface area contributed by atoms with Gasteiger partial charge in [0.1, 0.15) is 11.8 Å². The molecule has 0 heterocycles. The van der Waals surface area contributed by atoms with Gasteiger partial charge in [-0.05, 0) is 42.3 Å². The summed E-state index contributed by atoms with van der Waals surface area (Å²) in [5, 5.41) is 13.1. The van der Waals surface area contributed by atoms with Gasteiger partial charge in [0.25, 0.3) is 0 Å². The molecule has 2 aromatic rings. The number of nitrogens with zero attached hydrogens (tertiary/aromatic N) is 1. The van der Waals surface area contributed by atoms with E-state index in [1.54, 1.807) is 13.2 Å². The minimum absolute atomic E-state index is 0.537. The fourth-order valence-electron chi connectivity index (χ4n) is 1.93. The first-order chi connectivity index (χ1) is 9.63. The first-order valence-corrected chi connectivity index (χ1v) is 6.59. The second kappa shape index (κ2) is 6.31. The van der Waals surface area contributed by atoms with E-state index in [0.29, 0.717) is 22.9 Å². The van der Waals surface area contributed by atoms with Crippen LogP contribution in [0.4, 0.5) is 5.69 Å². The lowest BCUT2D eigenvalue weighted by Gasteiger charge is -2.11. The van der Waals surface area contributed by atoms with E-state index >= 15 is 0 Å². The van der Waals surface area contributed by atoms with E-state index in [0.717, 1.165) is 16.8 Å². The van der Waals surface area contributed by atoms with Gasteiger partial charge in [0.15, 0.2) is 0 Å². The van der Waals surface area contributed by atoms with Gasteiger partial charge in [0.2, 0.25) is 0 Å². The molecule has 0 aliphatic carbocycles. The highest BCUT2D eigenvalue weighted by Gasteiger charge is 2.04. The average Bonchev–Trinajstić information content (AvgIpc) is 2.47. The van der Waals surface area contributed by atoms with E-state index in [4.69, 9.17) is 21.6 Å². The standard InChI is InChI=1S/C16H15ClN2O/c1-11-3-5-14(17)8-15(11)19-10-12-4-6-16(20-2)13(7-12)9-18/h3-8,19H,10H2,1-2H3. The Morgan fingerprint density at radius 1 is 1.25 bits per heavy atom. The summed E-state index contributed by atoms with van der Waals surface area (Å²) < 4.78 is 5.13. The second-order valence-corrected chi connectivity index (χ2v) is 4.90. The number of benzene rings is 2. The number of aryl methyl sites for hydroxylation is 1. The Labute approximate surface area is 123 Å². The zero-order valence-electron chi connectivity index (χ0n) is 11.4. The predicted octanol–water partition coefficient (Wildman–Crippen LogP) is 4.14. The molecule has 0 spiro atoms. The molecule has 0 bridgehead atoms. The van der Waals surface area contributed by atoms with Gasteiger partial charge in [-0.2, -0.15) is 5.26 Å². The lowest BCUT2D eigenvalue weighted by Crippen LogP contribution is -2.02. The maximum Gasteiger partial charge on any atom is 0.136 e. The van der Waals surface area contributed by atoms with Crippen molar-refractivity contribution in [3.05, 3.63) is 58.1 Å². The smallest absolute Gasteiger partial charge is 0.136 e. The highest BCUT2D eigenvalue weighted by atomic mass is 35.5. The van der Waals surface area contributed by atoms with Crippen LogP contribution >= 0.6 is 11.6 Å². The Hall–Kier alpha value is -2.18. The fraction of sp³-hybridized carbons (Fsp3) is 0.188. The molecule has 0 saturated carbocycles. The number of hydrogen-bond acceptors (Lipinski definition) is 3. The van der Waals surface area contributed by atoms with Crippen molar-refractivity contribution in [1.82, 2.24) is 0 Å². The summed E-state index contributed by atoms with van der Waals surface area (Å²) in [4.78, 5) is 0. The number of rotatable bonds is 4. The minimum Gasteiger partial charge on any atom is -0.495 e. The zero-order chi connectivity index (χ0) is 14.5. The molecule has 0 amide bonds. The Kier molecular flexibility index (Phi) is 4.49. The van der Waals surface area contributed by atoms with E-state index in [2.05, 4.69) is 11.4 Å². The number of methoxy groups -OCH3 is 1. The normalized spacial score (nSPS) is 9.90. The number of nitriles is 1. The number of hydrogen-bond donors (Lipinski definition) is 1. The molecule has 0 aliphatic rings. The Bertz CT molecular complexity index is 662. The van der Waals surface area contributed by atoms with Crippen molar-refractivity contribution < 1.29 is 4.74 Å². The van der Waals surface area contributed by atoms with Gasteiger partial charge in [-0.3, -0.25) is 0 Å². The zero-order valence-corrected chi connectivity index (χ0v) is 12.2. The van der Waals surface area contributed by atoms with E-state index < -0.39 is 0 Å². The first-order valence-electron chi connectivity index (χ1n) is 6.21. The van der Waals surface area contributed by atoms with E-state index in [-0.39, 0.29) is 0 Å². The van der Waals surface area contributed by atoms with Gasteiger partial charge < -0.3 is 10.1 Å². The third kappa shape index (κ3) is 3.23. The van der Waals surface area contributed by atoms with Gasteiger partial charge in [-0.1, -0.05) is 23.7 Å². The summed E-state index contributed by atoms with van der Waals surface area (Å²) in [6.45, 7) is 2.65. The van der Waals surface area contributed by atoms with Crippen LogP contribution in [0, 0.1) is 18.3 Å². The van der Waals surface area contributed by atoms with E-state index in [1.807, 2.05) is 37.3 Å². The van der Waals surface area contributed by atoms with Crippen LogP contribution in [0.2, 0.25) is 5.02 Å². The molecule has 0 saturated heterocycles. The monoisotopic (exact) mass is 286 g/mol. The van der Waals surface area contributed by atoms with E-state index in [1.165, 1.54) is 0 Å². The number of ether oxygens (including phenoxy) is 1. The Morgan fingerprint density at radius 3 is 2.75 bits per heavy atom. The van der Waals surface area contributed by atoms with Crippen molar-refractivity contribution in [2.75, 3.05) is 12.4 Å². The molecule has 2 aromatic carbocycles. The van der Waals surface area contributed by atoms with Crippen molar-refractivity contribution in [1.29, 1.82) is 5.26 Å². The average molecular weight is 287 g/mol. The molecule has 3 nitrogen and oxygen atoms in total. The first kappa shape index (κ1) is 14.2. The molecule has 2 rings (SSSR count). The predicted molar refractivity (Wildman–Crippen MR) is 81.2 cm³/mol. The topological polar surface area (TPSA) is 45.0 Å². The van der Waals surface area contributed by atoms with E-state index in [9.17, 15) is 0 Å². The molecule has 0 fully saturated rings. The number of nitrogens with one attached hydrogen (secondary N) is 1. The van der Waals surface area contributed by atoms with Crippen molar-refractivity contribution in [2.45, 2.75) is 13.5 Å². The second-order valence-electron chi connectivity index (χ2n) is 4.46. The number of anilines is 1. The summed E-state index contributed by atoms with van der Waals surface area (Å²) in [6, 6.07) is 13.4. The summed E-state index contributed by atoms with van der Waals surface area (Å²) in [7, 11) is 1.56. The van der Waals surface area contributed by atoms with Gasteiger partial charge in [0, 0.05) is 17.3 Å². The van der Waals surface area contributed by atoms with Gasteiger partial charge in [-0.15, -0.1) is 0 Å². The van der Waals surface area contributed by atoms with Crippen molar-refractivity contribution in [3.8, 4) is 11.8 Å². The van der Waals surface area contributed by atoms with Gasteiger partial charge in [0.05, 0.1) is 12.7 Å². The minimum atomic E-state index is 0.537. The maximum absolute atomic E-state index is 9.07. The summed E-state index contributed by atoms with van der Waals surface area (Å²) in [5.74, 6) is 0.593. The van der Waals surface area contributed by atoms with Gasteiger partial charge in [-0.25, -0.2) is 0 Å². The highest BCUT2D eigenvalue weighted by molar-refractivity contribution is 6.30. The van der Waals surface area contributed by atoms with Crippen LogP contribution in [0.1, 0.15) is 16.7 Å². The molecule has 1 N–H and O–H groups in total. The van der Waals surface area contributed by atoms with Crippen LogP contribution in [0.15, 0.2) is 36.4 Å². The molecule has 0 unspecified atom stereocenters. The molecular formula is C16H15ClN2O. The third-order valence-electron chi connectivity index (χ3n) is 3.07. The SMILES string of the molecule is COc1ccc(CNc2cc(Cl)ccc2C)cc1C#N. The Morgan fingerprint density at radius 2 is 2.05 bits per heavy atom. The van der Waals surface area contributed by atoms with Crippen molar-refractivity contribution in [2.24, 2.45) is 0 Å². The molecule has 0 aliphatic heterocycles. The largest absolute Gasteiger partial charge is 0.495 e. The molecule has 0 aromatic heterocycles. The van der Waals surface area contributed by atoms with Crippen LogP contribution in [0.3, 0.4) is 0 Å². The number of halogens is 1. The van der Waals surface area contributed by atoms with Crippen LogP contribution in [0.25, 0.3) is 0 Å². The highest BCUT2D eigenvalue weighted by Crippen LogP contribution is 2.22. The van der Waals surface area contributed by atoms with Crippen molar-refractivity contribution in [3.63, 3.8) is 0 Å². The maximum atomic E-state index is 9.07. The lowest BCUT2D eigenvalue weighted by molar-refractivity contribution is 0.413. The quantitative estimate of drug-likeness (QED) is 0.919. The summed E-state index contributed by atoms with van der Waals surface area (Å²) >= 11 is 5.99. The molecular weight excluding hydrogens is 272 g/mol. The third-order valence-corrected chi connectivity index (χ3v) is 3.30. The van der Waals surface area contributed by atoms with Crippen LogP contribution in [-0.2, 0) is 6.54 Å². The van der Waals surface area contributed by atoms with Crippen LogP contribution in [0.5, 0.6) is 5.75 Å². The lowest BCUT2D eigenvalue weighted by atomic mass is 10.1. The van der Waals surface area contributed by atoms with Crippen LogP contribution in [-0.4, -0.2) is 7.11 Å². The van der Waals surface area contributed by atoms with Crippen molar-refractivity contribution >= 4 is 17.3 Å². The fourth-order valence-corrected chi connectivity index (χ4v) is 2.11. The van der Waals surface area contributed by atoms with Gasteiger partial charge >= 0.3 is 0 Å². The molecule has 20 heavy (non-hydrogen) atoms. The molecule has 4 heteroatoms. The van der Waals surface area contributed by atoms with Crippen LogP contribution < -0.4 is 10.1 Å². The summed E-state index contributed by atoms with van der Waals surface area (Å²) in [6.07, 6.45) is 0.